The maximum atomic E-state index is 12.4. The number of ether oxygens (including phenoxy) is 1. The molecule has 1 heterocycles. The first-order valence-electron chi connectivity index (χ1n) is 6.45. The van der Waals surface area contributed by atoms with Gasteiger partial charge >= 0.3 is 6.36 Å². The first-order chi connectivity index (χ1) is 11.2. The second-order valence-electron chi connectivity index (χ2n) is 4.63. The van der Waals surface area contributed by atoms with Crippen LogP contribution in [0.4, 0.5) is 18.9 Å². The van der Waals surface area contributed by atoms with Gasteiger partial charge < -0.3 is 4.74 Å². The van der Waals surface area contributed by atoms with Crippen molar-refractivity contribution < 1.29 is 26.3 Å². The van der Waals surface area contributed by atoms with Gasteiger partial charge in [-0.3, -0.25) is 4.72 Å². The Morgan fingerprint density at radius 1 is 1.12 bits per heavy atom. The molecule has 0 radical (unpaired) electrons. The highest BCUT2D eigenvalue weighted by Crippen LogP contribution is 2.31. The van der Waals surface area contributed by atoms with Crippen LogP contribution in [0.1, 0.15) is 0 Å². The summed E-state index contributed by atoms with van der Waals surface area (Å²) in [5.74, 6) is -0.795. The summed E-state index contributed by atoms with van der Waals surface area (Å²) in [7, 11) is -4.26. The van der Waals surface area contributed by atoms with Gasteiger partial charge in [-0.05, 0) is 30.3 Å². The minimum atomic E-state index is -4.99. The van der Waals surface area contributed by atoms with Crippen molar-refractivity contribution >= 4 is 37.3 Å². The van der Waals surface area contributed by atoms with Crippen LogP contribution in [0.15, 0.2) is 52.9 Å². The summed E-state index contributed by atoms with van der Waals surface area (Å²) in [6.45, 7) is 0. The summed E-state index contributed by atoms with van der Waals surface area (Å²) in [5, 5.41) is 0. The van der Waals surface area contributed by atoms with Gasteiger partial charge in [-0.2, -0.15) is 0 Å². The number of para-hydroxylation sites is 1. The largest absolute Gasteiger partial charge is 0.573 e. The summed E-state index contributed by atoms with van der Waals surface area (Å²) in [6.07, 6.45) is -4.99. The molecule has 0 atom stereocenters. The van der Waals surface area contributed by atoms with Crippen LogP contribution in [0.25, 0.3) is 10.2 Å². The maximum Gasteiger partial charge on any atom is 0.573 e. The Labute approximate surface area is 138 Å². The van der Waals surface area contributed by atoms with Crippen molar-refractivity contribution in [2.45, 2.75) is 11.3 Å². The van der Waals surface area contributed by atoms with E-state index in [9.17, 15) is 21.6 Å². The van der Waals surface area contributed by atoms with E-state index in [4.69, 9.17) is 0 Å². The number of alkyl halides is 3. The SMILES string of the molecule is O=S(=O)(Nc1ccc2ncsc2c1)c1ccccc1OC(F)(F)F. The predicted octanol–water partition coefficient (Wildman–Crippen LogP) is 4.00. The Hall–Kier alpha value is -2.33. The highest BCUT2D eigenvalue weighted by molar-refractivity contribution is 7.92. The van der Waals surface area contributed by atoms with E-state index < -0.39 is 27.0 Å². The van der Waals surface area contributed by atoms with Crippen molar-refractivity contribution in [3.63, 3.8) is 0 Å². The average molecular weight is 374 g/mol. The lowest BCUT2D eigenvalue weighted by Crippen LogP contribution is -2.20. The molecule has 5 nitrogen and oxygen atoms in total. The van der Waals surface area contributed by atoms with Crippen LogP contribution >= 0.6 is 11.3 Å². The molecule has 1 aromatic heterocycles. The smallest absolute Gasteiger partial charge is 0.404 e. The Morgan fingerprint density at radius 2 is 1.88 bits per heavy atom. The normalized spacial score (nSPS) is 12.3. The van der Waals surface area contributed by atoms with E-state index >= 15 is 0 Å². The van der Waals surface area contributed by atoms with Crippen molar-refractivity contribution in [2.75, 3.05) is 4.72 Å². The number of rotatable bonds is 4. The van der Waals surface area contributed by atoms with Gasteiger partial charge in [0.1, 0.15) is 10.6 Å². The molecule has 0 saturated heterocycles. The molecule has 2 aromatic carbocycles. The van der Waals surface area contributed by atoms with Crippen LogP contribution in [0, 0.1) is 0 Å². The minimum absolute atomic E-state index is 0.216. The van der Waals surface area contributed by atoms with Gasteiger partial charge in [-0.15, -0.1) is 24.5 Å². The third-order valence-electron chi connectivity index (χ3n) is 2.95. The molecule has 3 aromatic rings. The number of fused-ring (bicyclic) bond motifs is 1. The molecule has 0 amide bonds. The highest BCUT2D eigenvalue weighted by Gasteiger charge is 2.34. The quantitative estimate of drug-likeness (QED) is 0.750. The minimum Gasteiger partial charge on any atom is -0.404 e. The van der Waals surface area contributed by atoms with Gasteiger partial charge in [-0.25, -0.2) is 13.4 Å². The van der Waals surface area contributed by atoms with Crippen molar-refractivity contribution in [3.05, 3.63) is 48.0 Å². The molecule has 126 valence electrons. The molecule has 24 heavy (non-hydrogen) atoms. The first kappa shape index (κ1) is 16.5. The lowest BCUT2D eigenvalue weighted by Gasteiger charge is -2.14. The van der Waals surface area contributed by atoms with Crippen LogP contribution in [0.5, 0.6) is 5.75 Å². The average Bonchev–Trinajstić information content (AvgIpc) is 2.93. The number of benzene rings is 2. The third-order valence-corrected chi connectivity index (χ3v) is 5.16. The van der Waals surface area contributed by atoms with Crippen LogP contribution in [0.3, 0.4) is 0 Å². The molecule has 1 N–H and O–H groups in total. The zero-order chi connectivity index (χ0) is 17.4. The molecule has 0 spiro atoms. The second-order valence-corrected chi connectivity index (χ2v) is 7.17. The first-order valence-corrected chi connectivity index (χ1v) is 8.82. The number of anilines is 1. The predicted molar refractivity (Wildman–Crippen MR) is 83.6 cm³/mol. The van der Waals surface area contributed by atoms with Crippen molar-refractivity contribution in [2.24, 2.45) is 0 Å². The molecule has 0 fully saturated rings. The van der Waals surface area contributed by atoms with E-state index in [1.807, 2.05) is 0 Å². The summed E-state index contributed by atoms with van der Waals surface area (Å²) in [4.78, 5) is 3.46. The van der Waals surface area contributed by atoms with Crippen LogP contribution in [-0.2, 0) is 10.0 Å². The summed E-state index contributed by atoms with van der Waals surface area (Å²) < 4.78 is 68.9. The molecule has 0 aliphatic heterocycles. The Kier molecular flexibility index (Phi) is 4.10. The summed E-state index contributed by atoms with van der Waals surface area (Å²) >= 11 is 1.31. The van der Waals surface area contributed by atoms with Gasteiger partial charge in [0.15, 0.2) is 0 Å². The van der Waals surface area contributed by atoms with Crippen LogP contribution in [-0.4, -0.2) is 19.8 Å². The number of nitrogens with zero attached hydrogens (tertiary/aromatic N) is 1. The number of thiazole rings is 1. The highest BCUT2D eigenvalue weighted by atomic mass is 32.2. The van der Waals surface area contributed by atoms with E-state index in [-0.39, 0.29) is 5.69 Å². The molecule has 0 saturated carbocycles. The fraction of sp³-hybridized carbons (Fsp3) is 0.0714. The number of sulfonamides is 1. The van der Waals surface area contributed by atoms with Crippen molar-refractivity contribution in [3.8, 4) is 5.75 Å². The fourth-order valence-electron chi connectivity index (χ4n) is 2.01. The van der Waals surface area contributed by atoms with E-state index in [2.05, 4.69) is 14.4 Å². The number of hydrogen-bond donors (Lipinski definition) is 1. The van der Waals surface area contributed by atoms with Crippen LogP contribution in [0.2, 0.25) is 0 Å². The molecule has 3 rings (SSSR count). The van der Waals surface area contributed by atoms with Crippen molar-refractivity contribution in [1.82, 2.24) is 4.98 Å². The van der Waals surface area contributed by atoms with Gasteiger partial charge in [0.05, 0.1) is 21.4 Å². The van der Waals surface area contributed by atoms with Gasteiger partial charge in [0.25, 0.3) is 10.0 Å². The third kappa shape index (κ3) is 3.60. The van der Waals surface area contributed by atoms with Crippen LogP contribution < -0.4 is 9.46 Å². The molecule has 0 bridgehead atoms. The van der Waals surface area contributed by atoms with E-state index in [0.29, 0.717) is 5.52 Å². The van der Waals surface area contributed by atoms with Gasteiger partial charge in [0.2, 0.25) is 0 Å². The van der Waals surface area contributed by atoms with Gasteiger partial charge in [-0.1, -0.05) is 12.1 Å². The van der Waals surface area contributed by atoms with Gasteiger partial charge in [0, 0.05) is 0 Å². The summed E-state index contributed by atoms with van der Waals surface area (Å²) in [5.41, 5.74) is 2.52. The number of hydrogen-bond acceptors (Lipinski definition) is 5. The standard InChI is InChI=1S/C14H9F3N2O3S2/c15-14(16,17)22-11-3-1-2-4-13(11)24(20,21)19-9-5-6-10-12(7-9)23-8-18-10/h1-8,19H. The zero-order valence-corrected chi connectivity index (χ0v) is 13.4. The zero-order valence-electron chi connectivity index (χ0n) is 11.7. The molecule has 0 aliphatic rings. The number of nitrogens with one attached hydrogen (secondary N) is 1. The Bertz CT molecular complexity index is 984. The maximum absolute atomic E-state index is 12.4. The van der Waals surface area contributed by atoms with E-state index in [0.717, 1.165) is 16.8 Å². The van der Waals surface area contributed by atoms with E-state index in [1.165, 1.54) is 29.5 Å². The lowest BCUT2D eigenvalue weighted by atomic mass is 10.3. The molecule has 0 unspecified atom stereocenters. The Balaban J connectivity index is 1.95. The molecular formula is C14H9F3N2O3S2. The topological polar surface area (TPSA) is 68.3 Å². The molecule has 0 aliphatic carbocycles. The van der Waals surface area contributed by atoms with E-state index in [1.54, 1.807) is 17.6 Å². The summed E-state index contributed by atoms with van der Waals surface area (Å²) in [6, 6.07) is 9.18. The lowest BCUT2D eigenvalue weighted by molar-refractivity contribution is -0.275. The molecular weight excluding hydrogens is 365 g/mol. The fourth-order valence-corrected chi connectivity index (χ4v) is 3.91. The second kappa shape index (κ2) is 5.95. The molecule has 10 heteroatoms. The number of aromatic nitrogens is 1. The monoisotopic (exact) mass is 374 g/mol. The number of halogens is 3. The Morgan fingerprint density at radius 3 is 2.62 bits per heavy atom. The van der Waals surface area contributed by atoms with Crippen molar-refractivity contribution in [1.29, 1.82) is 0 Å².